The highest BCUT2D eigenvalue weighted by atomic mass is 16.5. The average molecular weight is 286 g/mol. The average Bonchev–Trinajstić information content (AvgIpc) is 2.43. The lowest BCUT2D eigenvalue weighted by molar-refractivity contribution is 0.332. The molecular formula is C16H22N4O. The van der Waals surface area contributed by atoms with Crippen molar-refractivity contribution < 1.29 is 4.74 Å². The van der Waals surface area contributed by atoms with Gasteiger partial charge in [0.1, 0.15) is 30.3 Å². The van der Waals surface area contributed by atoms with Crippen LogP contribution in [-0.4, -0.2) is 23.1 Å². The quantitative estimate of drug-likeness (QED) is 0.799. The maximum absolute atomic E-state index is 5.91. The summed E-state index contributed by atoms with van der Waals surface area (Å²) >= 11 is 0. The van der Waals surface area contributed by atoms with Crippen molar-refractivity contribution >= 4 is 11.6 Å². The van der Waals surface area contributed by atoms with Gasteiger partial charge in [-0.15, -0.1) is 0 Å². The van der Waals surface area contributed by atoms with Gasteiger partial charge in [-0.05, 0) is 30.5 Å². The molecule has 0 saturated heterocycles. The standard InChI is InChI=1S/C16H22N4O/c1-11(2)14-15(17)19-10-20-16(14)18-7-8-21-13-6-4-5-12(3)9-13/h4-6,9-11H,7-8H2,1-3H3,(H3,17,18,19,20). The fraction of sp³-hybridized carbons (Fsp3) is 0.375. The third-order valence-corrected chi connectivity index (χ3v) is 3.14. The summed E-state index contributed by atoms with van der Waals surface area (Å²) in [5, 5.41) is 3.26. The van der Waals surface area contributed by atoms with Crippen LogP contribution < -0.4 is 15.8 Å². The second-order valence-electron chi connectivity index (χ2n) is 5.27. The molecule has 1 aromatic heterocycles. The second-order valence-corrected chi connectivity index (χ2v) is 5.27. The molecule has 0 aliphatic carbocycles. The number of rotatable bonds is 6. The van der Waals surface area contributed by atoms with Crippen LogP contribution in [0.25, 0.3) is 0 Å². The number of aromatic nitrogens is 2. The van der Waals surface area contributed by atoms with Crippen molar-refractivity contribution in [2.75, 3.05) is 24.2 Å². The Bertz CT molecular complexity index is 599. The molecule has 0 fully saturated rings. The normalized spacial score (nSPS) is 10.7. The summed E-state index contributed by atoms with van der Waals surface area (Å²) in [6.07, 6.45) is 1.48. The number of hydrogen-bond acceptors (Lipinski definition) is 5. The van der Waals surface area contributed by atoms with E-state index in [1.165, 1.54) is 11.9 Å². The van der Waals surface area contributed by atoms with Gasteiger partial charge in [0.15, 0.2) is 0 Å². The van der Waals surface area contributed by atoms with E-state index in [1.807, 2.05) is 31.2 Å². The van der Waals surface area contributed by atoms with Gasteiger partial charge in [0, 0.05) is 5.56 Å². The third-order valence-electron chi connectivity index (χ3n) is 3.14. The first kappa shape index (κ1) is 15.1. The zero-order valence-electron chi connectivity index (χ0n) is 12.8. The molecule has 5 nitrogen and oxygen atoms in total. The molecule has 3 N–H and O–H groups in total. The van der Waals surface area contributed by atoms with Crippen LogP contribution in [0.2, 0.25) is 0 Å². The molecule has 5 heteroatoms. The number of anilines is 2. The van der Waals surface area contributed by atoms with Gasteiger partial charge in [0.25, 0.3) is 0 Å². The first-order chi connectivity index (χ1) is 10.1. The van der Waals surface area contributed by atoms with Gasteiger partial charge in [0.05, 0.1) is 6.54 Å². The van der Waals surface area contributed by atoms with Crippen molar-refractivity contribution in [1.29, 1.82) is 0 Å². The van der Waals surface area contributed by atoms with Crippen molar-refractivity contribution in [3.05, 3.63) is 41.7 Å². The predicted molar refractivity (Wildman–Crippen MR) is 85.7 cm³/mol. The minimum absolute atomic E-state index is 0.270. The molecule has 0 radical (unpaired) electrons. The lowest BCUT2D eigenvalue weighted by Gasteiger charge is -2.15. The van der Waals surface area contributed by atoms with Crippen molar-refractivity contribution in [2.45, 2.75) is 26.7 Å². The van der Waals surface area contributed by atoms with E-state index < -0.39 is 0 Å². The molecule has 0 aliphatic heterocycles. The summed E-state index contributed by atoms with van der Waals surface area (Å²) in [5.74, 6) is 2.46. The zero-order valence-corrected chi connectivity index (χ0v) is 12.8. The highest BCUT2D eigenvalue weighted by molar-refractivity contribution is 5.56. The number of nitrogens with one attached hydrogen (secondary N) is 1. The molecule has 0 amide bonds. The number of nitrogens with zero attached hydrogens (tertiary/aromatic N) is 2. The van der Waals surface area contributed by atoms with Crippen LogP contribution >= 0.6 is 0 Å². The van der Waals surface area contributed by atoms with Crippen molar-refractivity contribution in [3.63, 3.8) is 0 Å². The Kier molecular flexibility index (Phi) is 4.98. The predicted octanol–water partition coefficient (Wildman–Crippen LogP) is 2.98. The molecule has 0 saturated carbocycles. The third kappa shape index (κ3) is 4.08. The molecule has 1 aromatic carbocycles. The van der Waals surface area contributed by atoms with E-state index in [1.54, 1.807) is 0 Å². The van der Waals surface area contributed by atoms with E-state index >= 15 is 0 Å². The van der Waals surface area contributed by atoms with Gasteiger partial charge in [-0.1, -0.05) is 26.0 Å². The molecule has 0 atom stereocenters. The highest BCUT2D eigenvalue weighted by Gasteiger charge is 2.12. The second kappa shape index (κ2) is 6.92. The Morgan fingerprint density at radius 3 is 2.81 bits per heavy atom. The Morgan fingerprint density at radius 2 is 2.10 bits per heavy atom. The topological polar surface area (TPSA) is 73.1 Å². The zero-order chi connectivity index (χ0) is 15.2. The minimum Gasteiger partial charge on any atom is -0.492 e. The number of hydrogen-bond donors (Lipinski definition) is 2. The van der Waals surface area contributed by atoms with Crippen molar-refractivity contribution in [3.8, 4) is 5.75 Å². The van der Waals surface area contributed by atoms with Crippen LogP contribution in [-0.2, 0) is 0 Å². The van der Waals surface area contributed by atoms with Crippen LogP contribution in [0, 0.1) is 6.92 Å². The monoisotopic (exact) mass is 286 g/mol. The van der Waals surface area contributed by atoms with Crippen LogP contribution in [0.5, 0.6) is 5.75 Å². The van der Waals surface area contributed by atoms with Crippen LogP contribution in [0.3, 0.4) is 0 Å². The Labute approximate surface area is 125 Å². The number of benzene rings is 1. The van der Waals surface area contributed by atoms with E-state index in [0.29, 0.717) is 19.0 Å². The molecule has 1 heterocycles. The SMILES string of the molecule is Cc1cccc(OCCNc2ncnc(N)c2C(C)C)c1. The number of nitrogens with two attached hydrogens (primary N) is 1. The Morgan fingerprint density at radius 1 is 1.29 bits per heavy atom. The fourth-order valence-corrected chi connectivity index (χ4v) is 2.16. The van der Waals surface area contributed by atoms with E-state index in [-0.39, 0.29) is 5.92 Å². The molecule has 21 heavy (non-hydrogen) atoms. The number of nitrogen functional groups attached to an aromatic ring is 1. The molecule has 2 aromatic rings. The van der Waals surface area contributed by atoms with Crippen LogP contribution in [0.1, 0.15) is 30.9 Å². The van der Waals surface area contributed by atoms with E-state index in [2.05, 4.69) is 29.1 Å². The largest absolute Gasteiger partial charge is 0.492 e. The molecule has 2 rings (SSSR count). The maximum atomic E-state index is 5.91. The molecule has 0 spiro atoms. The smallest absolute Gasteiger partial charge is 0.135 e. The van der Waals surface area contributed by atoms with Crippen LogP contribution in [0.4, 0.5) is 11.6 Å². The Balaban J connectivity index is 1.91. The molecule has 0 aliphatic rings. The van der Waals surface area contributed by atoms with E-state index in [0.717, 1.165) is 17.1 Å². The van der Waals surface area contributed by atoms with Gasteiger partial charge < -0.3 is 15.8 Å². The van der Waals surface area contributed by atoms with Crippen molar-refractivity contribution in [1.82, 2.24) is 9.97 Å². The van der Waals surface area contributed by atoms with Gasteiger partial charge >= 0.3 is 0 Å². The van der Waals surface area contributed by atoms with Crippen LogP contribution in [0.15, 0.2) is 30.6 Å². The van der Waals surface area contributed by atoms with Gasteiger partial charge in [0.2, 0.25) is 0 Å². The lowest BCUT2D eigenvalue weighted by atomic mass is 10.0. The van der Waals surface area contributed by atoms with E-state index in [9.17, 15) is 0 Å². The summed E-state index contributed by atoms with van der Waals surface area (Å²) in [6, 6.07) is 8.00. The number of ether oxygens (including phenoxy) is 1. The van der Waals surface area contributed by atoms with E-state index in [4.69, 9.17) is 10.5 Å². The minimum atomic E-state index is 0.270. The Hall–Kier alpha value is -2.30. The van der Waals surface area contributed by atoms with Gasteiger partial charge in [-0.2, -0.15) is 0 Å². The molecular weight excluding hydrogens is 264 g/mol. The van der Waals surface area contributed by atoms with Crippen molar-refractivity contribution in [2.24, 2.45) is 0 Å². The molecule has 112 valence electrons. The first-order valence-electron chi connectivity index (χ1n) is 7.11. The highest BCUT2D eigenvalue weighted by Crippen LogP contribution is 2.25. The number of aryl methyl sites for hydroxylation is 1. The van der Waals surface area contributed by atoms with Gasteiger partial charge in [-0.25, -0.2) is 9.97 Å². The summed E-state index contributed by atoms with van der Waals surface area (Å²) in [6.45, 7) is 7.41. The van der Waals surface area contributed by atoms with Gasteiger partial charge in [-0.3, -0.25) is 0 Å². The summed E-state index contributed by atoms with van der Waals surface area (Å²) in [5.41, 5.74) is 8.05. The summed E-state index contributed by atoms with van der Waals surface area (Å²) in [7, 11) is 0. The lowest BCUT2D eigenvalue weighted by Crippen LogP contribution is -2.15. The molecule has 0 bridgehead atoms. The summed E-state index contributed by atoms with van der Waals surface area (Å²) < 4.78 is 5.70. The summed E-state index contributed by atoms with van der Waals surface area (Å²) in [4.78, 5) is 8.30. The maximum Gasteiger partial charge on any atom is 0.135 e. The molecule has 0 unspecified atom stereocenters. The first-order valence-corrected chi connectivity index (χ1v) is 7.11. The fourth-order valence-electron chi connectivity index (χ4n) is 2.16.